The van der Waals surface area contributed by atoms with Gasteiger partial charge >= 0.3 is 0 Å². The van der Waals surface area contributed by atoms with E-state index in [1.165, 1.54) is 12.0 Å². The molecule has 0 saturated carbocycles. The first-order chi connectivity index (χ1) is 9.72. The van der Waals surface area contributed by atoms with Crippen LogP contribution in [0, 0.1) is 5.82 Å². The van der Waals surface area contributed by atoms with Crippen molar-refractivity contribution in [1.29, 1.82) is 0 Å². The number of nitrogen functional groups attached to an aromatic ring is 1. The molecule has 1 rings (SSSR count). The fourth-order valence-corrected chi connectivity index (χ4v) is 2.53. The van der Waals surface area contributed by atoms with Crippen molar-refractivity contribution >= 4 is 21.6 Å². The van der Waals surface area contributed by atoms with E-state index in [0.29, 0.717) is 6.54 Å². The number of sulfonamides is 1. The smallest absolute Gasteiger partial charge is 0.241 e. The summed E-state index contributed by atoms with van der Waals surface area (Å²) in [6.07, 6.45) is 0. The Hall–Kier alpha value is -1.87. The largest absolute Gasteiger partial charge is 0.492 e. The van der Waals surface area contributed by atoms with Gasteiger partial charge < -0.3 is 15.4 Å². The fourth-order valence-electron chi connectivity index (χ4n) is 1.51. The minimum absolute atomic E-state index is 0.144. The summed E-state index contributed by atoms with van der Waals surface area (Å²) in [7, 11) is -1.27. The molecular formula is C12H18FN3O4S. The number of ether oxygens (including phenoxy) is 1. The molecule has 1 aromatic carbocycles. The van der Waals surface area contributed by atoms with Crippen molar-refractivity contribution in [3.05, 3.63) is 17.9 Å². The lowest BCUT2D eigenvalue weighted by molar-refractivity contribution is -0.128. The molecule has 0 atom stereocenters. The average Bonchev–Trinajstić information content (AvgIpc) is 2.43. The lowest BCUT2D eigenvalue weighted by Crippen LogP contribution is -2.38. The summed E-state index contributed by atoms with van der Waals surface area (Å²) in [5.74, 6) is -1.52. The summed E-state index contributed by atoms with van der Waals surface area (Å²) < 4.78 is 44.5. The zero-order valence-corrected chi connectivity index (χ0v) is 12.8. The number of carbonyl (C=O) groups excluding carboxylic acids is 1. The Labute approximate surface area is 122 Å². The van der Waals surface area contributed by atoms with Crippen molar-refractivity contribution in [2.24, 2.45) is 0 Å². The average molecular weight is 319 g/mol. The molecule has 1 aromatic rings. The molecule has 0 spiro atoms. The molecule has 0 radical (unpaired) electrons. The molecule has 0 unspecified atom stereocenters. The van der Waals surface area contributed by atoms with E-state index in [1.807, 2.05) is 0 Å². The number of amides is 1. The minimum atomic E-state index is -4.04. The number of nitrogens with zero attached hydrogens (tertiary/aromatic N) is 1. The van der Waals surface area contributed by atoms with Crippen molar-refractivity contribution in [1.82, 2.24) is 9.62 Å². The molecule has 0 bridgehead atoms. The Morgan fingerprint density at radius 1 is 1.48 bits per heavy atom. The van der Waals surface area contributed by atoms with Gasteiger partial charge in [0.2, 0.25) is 15.9 Å². The van der Waals surface area contributed by atoms with Gasteiger partial charge in [0.25, 0.3) is 0 Å². The van der Waals surface area contributed by atoms with Crippen LogP contribution in [0.1, 0.15) is 6.92 Å². The van der Waals surface area contributed by atoms with Gasteiger partial charge in [-0.25, -0.2) is 17.5 Å². The molecule has 3 N–H and O–H groups in total. The van der Waals surface area contributed by atoms with Crippen LogP contribution in [0.3, 0.4) is 0 Å². The zero-order valence-electron chi connectivity index (χ0n) is 12.0. The number of carbonyl (C=O) groups is 1. The van der Waals surface area contributed by atoms with Crippen LogP contribution in [0.4, 0.5) is 10.1 Å². The molecule has 21 heavy (non-hydrogen) atoms. The highest BCUT2D eigenvalue weighted by Gasteiger charge is 2.20. The maximum absolute atomic E-state index is 13.7. The van der Waals surface area contributed by atoms with E-state index in [2.05, 4.69) is 4.72 Å². The highest BCUT2D eigenvalue weighted by atomic mass is 32.2. The molecule has 0 aromatic heterocycles. The number of likely N-dealkylation sites (N-methyl/N-ethyl adjacent to an activating group) is 1. The fraction of sp³-hybridized carbons (Fsp3) is 0.417. The molecule has 0 saturated heterocycles. The lowest BCUT2D eigenvalue weighted by Gasteiger charge is -2.15. The van der Waals surface area contributed by atoms with Crippen LogP contribution in [0.5, 0.6) is 5.75 Å². The van der Waals surface area contributed by atoms with Gasteiger partial charge in [-0.3, -0.25) is 4.79 Å². The number of rotatable bonds is 6. The van der Waals surface area contributed by atoms with Crippen molar-refractivity contribution in [2.45, 2.75) is 11.8 Å². The van der Waals surface area contributed by atoms with Gasteiger partial charge in [-0.15, -0.1) is 0 Å². The van der Waals surface area contributed by atoms with Gasteiger partial charge in [-0.2, -0.15) is 0 Å². The third-order valence-electron chi connectivity index (χ3n) is 2.87. The second-order valence-electron chi connectivity index (χ2n) is 4.26. The van der Waals surface area contributed by atoms with Gasteiger partial charge in [-0.05, 0) is 19.1 Å². The van der Waals surface area contributed by atoms with E-state index in [9.17, 15) is 17.6 Å². The van der Waals surface area contributed by atoms with E-state index < -0.39 is 28.3 Å². The Kier molecular flexibility index (Phi) is 5.50. The van der Waals surface area contributed by atoms with E-state index in [4.69, 9.17) is 10.5 Å². The molecule has 0 heterocycles. The lowest BCUT2D eigenvalue weighted by atomic mass is 10.3. The van der Waals surface area contributed by atoms with Crippen LogP contribution in [-0.2, 0) is 14.8 Å². The topological polar surface area (TPSA) is 102 Å². The number of nitrogens with two attached hydrogens (primary N) is 1. The number of nitrogens with one attached hydrogen (secondary N) is 1. The molecule has 1 amide bonds. The number of halogens is 1. The molecule has 0 fully saturated rings. The second kappa shape index (κ2) is 6.72. The predicted octanol–water partition coefficient (Wildman–Crippen LogP) is 0.173. The summed E-state index contributed by atoms with van der Waals surface area (Å²) >= 11 is 0. The van der Waals surface area contributed by atoms with Gasteiger partial charge in [0, 0.05) is 13.6 Å². The van der Waals surface area contributed by atoms with E-state index in [0.717, 1.165) is 12.1 Å². The molecule has 118 valence electrons. The molecule has 9 heteroatoms. The number of benzene rings is 1. The van der Waals surface area contributed by atoms with Crippen LogP contribution >= 0.6 is 0 Å². The third-order valence-corrected chi connectivity index (χ3v) is 4.25. The molecule has 0 aliphatic carbocycles. The second-order valence-corrected chi connectivity index (χ2v) is 6.03. The SMILES string of the molecule is CCN(C)C(=O)CNS(=O)(=O)c1cc(N)c(OC)c(F)c1. The Morgan fingerprint density at radius 2 is 2.10 bits per heavy atom. The minimum Gasteiger partial charge on any atom is -0.492 e. The number of anilines is 1. The number of hydrogen-bond acceptors (Lipinski definition) is 5. The summed E-state index contributed by atoms with van der Waals surface area (Å²) in [5, 5.41) is 0. The maximum Gasteiger partial charge on any atom is 0.241 e. The highest BCUT2D eigenvalue weighted by molar-refractivity contribution is 7.89. The molecule has 7 nitrogen and oxygen atoms in total. The normalized spacial score (nSPS) is 11.2. The zero-order chi connectivity index (χ0) is 16.2. The van der Waals surface area contributed by atoms with Crippen LogP contribution in [0.15, 0.2) is 17.0 Å². The summed E-state index contributed by atoms with van der Waals surface area (Å²) in [4.78, 5) is 12.5. The van der Waals surface area contributed by atoms with Gasteiger partial charge in [0.1, 0.15) is 0 Å². The van der Waals surface area contributed by atoms with Gasteiger partial charge in [0.15, 0.2) is 11.6 Å². The van der Waals surface area contributed by atoms with Crippen LogP contribution < -0.4 is 15.2 Å². The monoisotopic (exact) mass is 319 g/mol. The first kappa shape index (κ1) is 17.2. The summed E-state index contributed by atoms with van der Waals surface area (Å²) in [5.41, 5.74) is 5.38. The van der Waals surface area contributed by atoms with Crippen molar-refractivity contribution < 1.29 is 22.3 Å². The standard InChI is InChI=1S/C12H18FN3O4S/c1-4-16(2)11(17)7-15-21(18,19)8-5-9(13)12(20-3)10(14)6-8/h5-6,15H,4,7,14H2,1-3H3. The highest BCUT2D eigenvalue weighted by Crippen LogP contribution is 2.28. The van der Waals surface area contributed by atoms with Gasteiger partial charge in [-0.1, -0.05) is 0 Å². The van der Waals surface area contributed by atoms with Crippen molar-refractivity contribution in [3.63, 3.8) is 0 Å². The number of methoxy groups -OCH3 is 1. The van der Waals surface area contributed by atoms with Crippen molar-refractivity contribution in [2.75, 3.05) is 33.0 Å². The first-order valence-electron chi connectivity index (χ1n) is 6.09. The van der Waals surface area contributed by atoms with E-state index >= 15 is 0 Å². The molecule has 0 aliphatic heterocycles. The summed E-state index contributed by atoms with van der Waals surface area (Å²) in [6, 6.07) is 1.85. The van der Waals surface area contributed by atoms with Crippen molar-refractivity contribution in [3.8, 4) is 5.75 Å². The maximum atomic E-state index is 13.7. The van der Waals surface area contributed by atoms with Crippen LogP contribution in [0.2, 0.25) is 0 Å². The first-order valence-corrected chi connectivity index (χ1v) is 7.57. The van der Waals surface area contributed by atoms with Gasteiger partial charge in [0.05, 0.1) is 24.2 Å². The molecular weight excluding hydrogens is 301 g/mol. The Balaban J connectivity index is 2.96. The van der Waals surface area contributed by atoms with E-state index in [-0.39, 0.29) is 16.3 Å². The van der Waals surface area contributed by atoms with Crippen LogP contribution in [0.25, 0.3) is 0 Å². The molecule has 0 aliphatic rings. The van der Waals surface area contributed by atoms with Crippen LogP contribution in [-0.4, -0.2) is 46.5 Å². The predicted molar refractivity (Wildman–Crippen MR) is 75.9 cm³/mol. The number of hydrogen-bond donors (Lipinski definition) is 2. The quantitative estimate of drug-likeness (QED) is 0.728. The third kappa shape index (κ3) is 4.05. The Bertz CT molecular complexity index is 610. The Morgan fingerprint density at radius 3 is 2.57 bits per heavy atom. The van der Waals surface area contributed by atoms with E-state index in [1.54, 1.807) is 14.0 Å². The summed E-state index contributed by atoms with van der Waals surface area (Å²) in [6.45, 7) is 1.79.